The summed E-state index contributed by atoms with van der Waals surface area (Å²) < 4.78 is 0.764. The predicted molar refractivity (Wildman–Crippen MR) is 72.4 cm³/mol. The molecule has 2 nitrogen and oxygen atoms in total. The molecule has 0 amide bonds. The summed E-state index contributed by atoms with van der Waals surface area (Å²) in [6.45, 7) is 1.50. The Hall–Kier alpha value is -1.19. The van der Waals surface area contributed by atoms with Gasteiger partial charge < -0.3 is 0 Å². The van der Waals surface area contributed by atoms with Crippen molar-refractivity contribution in [3.63, 3.8) is 0 Å². The minimum atomic E-state index is -0.0399. The van der Waals surface area contributed by atoms with E-state index in [1.165, 1.54) is 6.92 Å². The average Bonchev–Trinajstić information content (AvgIpc) is 2.30. The minimum absolute atomic E-state index is 0.0399. The third kappa shape index (κ3) is 2.56. The first-order valence-corrected chi connectivity index (χ1v) is 6.18. The maximum absolute atomic E-state index is 11.4. The highest BCUT2D eigenvalue weighted by atomic mass is 79.9. The number of benzene rings is 1. The molecule has 0 aliphatic carbocycles. The van der Waals surface area contributed by atoms with Crippen LogP contribution in [0.25, 0.3) is 11.1 Å². The van der Waals surface area contributed by atoms with Gasteiger partial charge in [-0.1, -0.05) is 29.8 Å². The fraction of sp³-hybridized carbons (Fsp3) is 0.0769. The number of carbonyl (C=O) groups is 1. The lowest BCUT2D eigenvalue weighted by atomic mass is 10.0. The molecular formula is C13H9BrClNO. The predicted octanol–water partition coefficient (Wildman–Crippen LogP) is 4.37. The summed E-state index contributed by atoms with van der Waals surface area (Å²) in [6, 6.07) is 9.16. The Morgan fingerprint density at radius 1 is 1.29 bits per heavy atom. The van der Waals surface area contributed by atoms with Gasteiger partial charge in [-0.25, -0.2) is 4.98 Å². The lowest BCUT2D eigenvalue weighted by Crippen LogP contribution is -1.94. The lowest BCUT2D eigenvalue weighted by molar-refractivity contribution is 0.101. The lowest BCUT2D eigenvalue weighted by Gasteiger charge is -2.07. The van der Waals surface area contributed by atoms with Gasteiger partial charge in [0.05, 0.1) is 5.02 Å². The highest BCUT2D eigenvalue weighted by Gasteiger charge is 2.11. The van der Waals surface area contributed by atoms with Gasteiger partial charge in [0.2, 0.25) is 0 Å². The number of Topliss-reactive ketones (excluding diaryl/α,β-unsaturated/α-hetero) is 1. The van der Waals surface area contributed by atoms with Gasteiger partial charge >= 0.3 is 0 Å². The fourth-order valence-electron chi connectivity index (χ4n) is 1.56. The standard InChI is InChI=1S/C13H9BrClNO/c1-8(17)10-3-2-4-11(13(10)15)9-5-6-12(14)16-7-9/h2-7H,1H3. The summed E-state index contributed by atoms with van der Waals surface area (Å²) in [5, 5.41) is 0.476. The van der Waals surface area contributed by atoms with Crippen molar-refractivity contribution >= 4 is 33.3 Å². The van der Waals surface area contributed by atoms with Crippen LogP contribution >= 0.6 is 27.5 Å². The summed E-state index contributed by atoms with van der Waals surface area (Å²) in [7, 11) is 0. The fourth-order valence-corrected chi connectivity index (χ4v) is 2.16. The second kappa shape index (κ2) is 4.98. The molecule has 0 radical (unpaired) electrons. The van der Waals surface area contributed by atoms with Gasteiger partial charge in [-0.15, -0.1) is 0 Å². The third-order valence-corrected chi connectivity index (χ3v) is 3.29. The van der Waals surface area contributed by atoms with Crippen LogP contribution in [-0.4, -0.2) is 10.8 Å². The molecule has 0 atom stereocenters. The largest absolute Gasteiger partial charge is 0.294 e. The van der Waals surface area contributed by atoms with Crippen molar-refractivity contribution in [1.82, 2.24) is 4.98 Å². The molecule has 0 fully saturated rings. The van der Waals surface area contributed by atoms with Crippen LogP contribution in [0.1, 0.15) is 17.3 Å². The average molecular weight is 311 g/mol. The Morgan fingerprint density at radius 3 is 2.65 bits per heavy atom. The number of aromatic nitrogens is 1. The molecule has 0 spiro atoms. The van der Waals surface area contributed by atoms with E-state index in [-0.39, 0.29) is 5.78 Å². The number of ketones is 1. The molecule has 86 valence electrons. The molecule has 0 saturated heterocycles. The first kappa shape index (κ1) is 12.3. The van der Waals surface area contributed by atoms with Crippen molar-refractivity contribution in [2.75, 3.05) is 0 Å². The molecule has 0 aliphatic rings. The topological polar surface area (TPSA) is 30.0 Å². The highest BCUT2D eigenvalue weighted by molar-refractivity contribution is 9.10. The molecule has 0 N–H and O–H groups in total. The molecule has 1 heterocycles. The van der Waals surface area contributed by atoms with Crippen LogP contribution in [0.4, 0.5) is 0 Å². The molecule has 17 heavy (non-hydrogen) atoms. The van der Waals surface area contributed by atoms with Gasteiger partial charge in [0, 0.05) is 22.9 Å². The SMILES string of the molecule is CC(=O)c1cccc(-c2ccc(Br)nc2)c1Cl. The number of pyridine rings is 1. The number of rotatable bonds is 2. The van der Waals surface area contributed by atoms with Gasteiger partial charge in [-0.2, -0.15) is 0 Å². The van der Waals surface area contributed by atoms with Gasteiger partial charge in [0.25, 0.3) is 0 Å². The van der Waals surface area contributed by atoms with Crippen molar-refractivity contribution in [1.29, 1.82) is 0 Å². The molecule has 1 aromatic carbocycles. The zero-order valence-corrected chi connectivity index (χ0v) is 11.4. The first-order valence-electron chi connectivity index (χ1n) is 5.01. The molecule has 2 aromatic rings. The number of nitrogens with zero attached hydrogens (tertiary/aromatic N) is 1. The van der Waals surface area contributed by atoms with Crippen molar-refractivity contribution < 1.29 is 4.79 Å². The van der Waals surface area contributed by atoms with Crippen LogP contribution in [0, 0.1) is 0 Å². The molecule has 0 unspecified atom stereocenters. The Morgan fingerprint density at radius 2 is 2.06 bits per heavy atom. The maximum Gasteiger partial charge on any atom is 0.161 e. The van der Waals surface area contributed by atoms with Crippen LogP contribution in [0.3, 0.4) is 0 Å². The highest BCUT2D eigenvalue weighted by Crippen LogP contribution is 2.30. The molecule has 0 saturated carbocycles. The van der Waals surface area contributed by atoms with E-state index in [1.54, 1.807) is 12.3 Å². The zero-order chi connectivity index (χ0) is 12.4. The van der Waals surface area contributed by atoms with Crippen LogP contribution in [0.15, 0.2) is 41.1 Å². The van der Waals surface area contributed by atoms with Crippen LogP contribution in [0.2, 0.25) is 5.02 Å². The Balaban J connectivity index is 2.56. The van der Waals surface area contributed by atoms with Crippen molar-refractivity contribution in [3.8, 4) is 11.1 Å². The van der Waals surface area contributed by atoms with Gasteiger partial charge in [-0.3, -0.25) is 4.79 Å². The minimum Gasteiger partial charge on any atom is -0.294 e. The second-order valence-corrected chi connectivity index (χ2v) is 4.78. The Bertz CT molecular complexity index is 566. The van der Waals surface area contributed by atoms with Gasteiger partial charge in [0.15, 0.2) is 5.78 Å². The van der Waals surface area contributed by atoms with E-state index in [0.717, 1.165) is 15.7 Å². The van der Waals surface area contributed by atoms with Crippen molar-refractivity contribution in [2.24, 2.45) is 0 Å². The summed E-state index contributed by atoms with van der Waals surface area (Å²) in [4.78, 5) is 15.5. The van der Waals surface area contributed by atoms with Crippen LogP contribution in [0.5, 0.6) is 0 Å². The van der Waals surface area contributed by atoms with E-state index in [0.29, 0.717) is 10.6 Å². The number of carbonyl (C=O) groups excluding carboxylic acids is 1. The molecule has 0 aliphatic heterocycles. The monoisotopic (exact) mass is 309 g/mol. The molecule has 1 aromatic heterocycles. The van der Waals surface area contributed by atoms with Gasteiger partial charge in [-0.05, 0) is 35.0 Å². The first-order chi connectivity index (χ1) is 8.09. The number of hydrogen-bond donors (Lipinski definition) is 0. The Kier molecular flexibility index (Phi) is 3.60. The van der Waals surface area contributed by atoms with E-state index < -0.39 is 0 Å². The quantitative estimate of drug-likeness (QED) is 0.609. The maximum atomic E-state index is 11.4. The Labute approximate surface area is 113 Å². The van der Waals surface area contributed by atoms with E-state index in [2.05, 4.69) is 20.9 Å². The van der Waals surface area contributed by atoms with E-state index in [1.807, 2.05) is 24.3 Å². The normalized spacial score (nSPS) is 10.3. The van der Waals surface area contributed by atoms with E-state index >= 15 is 0 Å². The van der Waals surface area contributed by atoms with Crippen molar-refractivity contribution in [2.45, 2.75) is 6.92 Å². The van der Waals surface area contributed by atoms with E-state index in [4.69, 9.17) is 11.6 Å². The smallest absolute Gasteiger partial charge is 0.161 e. The zero-order valence-electron chi connectivity index (χ0n) is 9.08. The number of hydrogen-bond acceptors (Lipinski definition) is 2. The van der Waals surface area contributed by atoms with Crippen LogP contribution in [-0.2, 0) is 0 Å². The molecular weight excluding hydrogens is 302 g/mol. The number of halogens is 2. The molecule has 0 bridgehead atoms. The summed E-state index contributed by atoms with van der Waals surface area (Å²) >= 11 is 9.49. The van der Waals surface area contributed by atoms with Gasteiger partial charge in [0.1, 0.15) is 4.60 Å². The second-order valence-electron chi connectivity index (χ2n) is 3.59. The van der Waals surface area contributed by atoms with E-state index in [9.17, 15) is 4.79 Å². The molecule has 2 rings (SSSR count). The summed E-state index contributed by atoms with van der Waals surface area (Å²) in [5.74, 6) is -0.0399. The van der Waals surface area contributed by atoms with Crippen LogP contribution < -0.4 is 0 Å². The molecule has 4 heteroatoms. The third-order valence-electron chi connectivity index (χ3n) is 2.42. The summed E-state index contributed by atoms with van der Waals surface area (Å²) in [6.07, 6.45) is 1.72. The summed E-state index contributed by atoms with van der Waals surface area (Å²) in [5.41, 5.74) is 2.24. The van der Waals surface area contributed by atoms with Crippen molar-refractivity contribution in [3.05, 3.63) is 51.7 Å².